The highest BCUT2D eigenvalue weighted by Crippen LogP contribution is 2.37. The summed E-state index contributed by atoms with van der Waals surface area (Å²) in [5.74, 6) is 3.51. The minimum Gasteiger partial charge on any atom is -0.497 e. The monoisotopic (exact) mass is 454 g/mol. The van der Waals surface area contributed by atoms with Crippen LogP contribution in [-0.2, 0) is 11.3 Å². The SMILES string of the molecule is C#CCOc1c(Br)cc(/C=C(/C#N)C(=O)NCc2ccc(OC)cc2)cc1OC. The van der Waals surface area contributed by atoms with Crippen LogP contribution in [0, 0.1) is 23.7 Å². The van der Waals surface area contributed by atoms with Gasteiger partial charge < -0.3 is 19.5 Å². The van der Waals surface area contributed by atoms with Crippen LogP contribution in [0.4, 0.5) is 0 Å². The molecule has 7 heteroatoms. The van der Waals surface area contributed by atoms with Crippen molar-refractivity contribution in [1.29, 1.82) is 5.26 Å². The van der Waals surface area contributed by atoms with Crippen molar-refractivity contribution in [1.82, 2.24) is 5.32 Å². The van der Waals surface area contributed by atoms with E-state index in [1.54, 1.807) is 31.4 Å². The lowest BCUT2D eigenvalue weighted by Crippen LogP contribution is -2.23. The Labute approximate surface area is 178 Å². The van der Waals surface area contributed by atoms with E-state index in [1.807, 2.05) is 18.2 Å². The first-order valence-corrected chi connectivity index (χ1v) is 9.28. The number of carbonyl (C=O) groups is 1. The molecule has 0 heterocycles. The van der Waals surface area contributed by atoms with Crippen molar-refractivity contribution in [3.05, 3.63) is 57.6 Å². The van der Waals surface area contributed by atoms with Gasteiger partial charge in [0.1, 0.15) is 24.0 Å². The van der Waals surface area contributed by atoms with Crippen LogP contribution in [0.5, 0.6) is 17.2 Å². The van der Waals surface area contributed by atoms with E-state index >= 15 is 0 Å². The molecule has 2 rings (SSSR count). The third kappa shape index (κ3) is 6.03. The number of nitriles is 1. The van der Waals surface area contributed by atoms with Crippen molar-refractivity contribution in [3.63, 3.8) is 0 Å². The second kappa shape index (κ2) is 10.8. The molecule has 0 radical (unpaired) electrons. The first kappa shape index (κ1) is 21.9. The number of halogens is 1. The van der Waals surface area contributed by atoms with E-state index in [2.05, 4.69) is 27.2 Å². The van der Waals surface area contributed by atoms with Gasteiger partial charge in [0, 0.05) is 6.54 Å². The van der Waals surface area contributed by atoms with E-state index < -0.39 is 5.91 Å². The van der Waals surface area contributed by atoms with Crippen LogP contribution in [0.25, 0.3) is 6.08 Å². The second-order valence-corrected chi connectivity index (χ2v) is 6.58. The van der Waals surface area contributed by atoms with E-state index in [9.17, 15) is 10.1 Å². The average Bonchev–Trinajstić information content (AvgIpc) is 2.75. The largest absolute Gasteiger partial charge is 0.497 e. The van der Waals surface area contributed by atoms with Gasteiger partial charge in [0.05, 0.1) is 18.7 Å². The standard InChI is InChI=1S/C22H19BrN2O4/c1-4-9-29-21-19(23)11-16(12-20(21)28-3)10-17(13-24)22(26)25-14-15-5-7-18(27-2)8-6-15/h1,5-8,10-12H,9,14H2,2-3H3,(H,25,26)/b17-10-. The third-order valence-electron chi connectivity index (χ3n) is 3.84. The number of hydrogen-bond donors (Lipinski definition) is 1. The quantitative estimate of drug-likeness (QED) is 0.373. The second-order valence-electron chi connectivity index (χ2n) is 5.73. The maximum atomic E-state index is 12.4. The Bertz CT molecular complexity index is 986. The zero-order valence-electron chi connectivity index (χ0n) is 16.0. The van der Waals surface area contributed by atoms with E-state index in [0.29, 0.717) is 21.5 Å². The molecule has 0 fully saturated rings. The number of nitrogens with one attached hydrogen (secondary N) is 1. The lowest BCUT2D eigenvalue weighted by atomic mass is 10.1. The summed E-state index contributed by atoms with van der Waals surface area (Å²) in [5, 5.41) is 12.1. The summed E-state index contributed by atoms with van der Waals surface area (Å²) in [7, 11) is 3.08. The number of methoxy groups -OCH3 is 2. The van der Waals surface area contributed by atoms with Crippen molar-refractivity contribution < 1.29 is 19.0 Å². The van der Waals surface area contributed by atoms with Gasteiger partial charge in [-0.15, -0.1) is 6.42 Å². The van der Waals surface area contributed by atoms with E-state index in [-0.39, 0.29) is 18.7 Å². The molecule has 2 aromatic rings. The zero-order chi connectivity index (χ0) is 21.2. The Kier molecular flexibility index (Phi) is 8.14. The molecule has 29 heavy (non-hydrogen) atoms. The highest BCUT2D eigenvalue weighted by Gasteiger charge is 2.13. The van der Waals surface area contributed by atoms with Gasteiger partial charge in [-0.05, 0) is 57.4 Å². The summed E-state index contributed by atoms with van der Waals surface area (Å²) in [6.07, 6.45) is 6.70. The number of carbonyl (C=O) groups excluding carboxylic acids is 1. The molecule has 1 amide bonds. The van der Waals surface area contributed by atoms with Crippen LogP contribution >= 0.6 is 15.9 Å². The fourth-order valence-corrected chi connectivity index (χ4v) is 2.99. The molecule has 0 aliphatic carbocycles. The molecule has 2 aromatic carbocycles. The molecule has 0 saturated carbocycles. The van der Waals surface area contributed by atoms with Crippen LogP contribution in [0.2, 0.25) is 0 Å². The number of hydrogen-bond acceptors (Lipinski definition) is 5. The van der Waals surface area contributed by atoms with Gasteiger partial charge in [-0.25, -0.2) is 0 Å². The highest BCUT2D eigenvalue weighted by molar-refractivity contribution is 9.10. The molecule has 1 N–H and O–H groups in total. The number of terminal acetylenes is 1. The Morgan fingerprint density at radius 2 is 1.97 bits per heavy atom. The van der Waals surface area contributed by atoms with Crippen LogP contribution in [0.1, 0.15) is 11.1 Å². The topological polar surface area (TPSA) is 80.6 Å². The average molecular weight is 455 g/mol. The number of benzene rings is 2. The van der Waals surface area contributed by atoms with Crippen LogP contribution < -0.4 is 19.5 Å². The summed E-state index contributed by atoms with van der Waals surface area (Å²) in [4.78, 5) is 12.4. The van der Waals surface area contributed by atoms with Crippen LogP contribution in [-0.4, -0.2) is 26.7 Å². The van der Waals surface area contributed by atoms with Crippen molar-refractivity contribution in [2.75, 3.05) is 20.8 Å². The molecular weight excluding hydrogens is 436 g/mol. The molecule has 0 unspecified atom stereocenters. The third-order valence-corrected chi connectivity index (χ3v) is 4.43. The van der Waals surface area contributed by atoms with Crippen molar-refractivity contribution in [2.45, 2.75) is 6.54 Å². The number of amides is 1. The summed E-state index contributed by atoms with van der Waals surface area (Å²) in [6, 6.07) is 12.6. The molecule has 0 saturated heterocycles. The van der Waals surface area contributed by atoms with Gasteiger partial charge in [0.15, 0.2) is 11.5 Å². The number of ether oxygens (including phenoxy) is 3. The van der Waals surface area contributed by atoms with Gasteiger partial charge >= 0.3 is 0 Å². The van der Waals surface area contributed by atoms with Crippen molar-refractivity contribution in [2.24, 2.45) is 0 Å². The summed E-state index contributed by atoms with van der Waals surface area (Å²) >= 11 is 3.39. The fraction of sp³-hybridized carbons (Fsp3) is 0.182. The molecule has 6 nitrogen and oxygen atoms in total. The lowest BCUT2D eigenvalue weighted by molar-refractivity contribution is -0.117. The smallest absolute Gasteiger partial charge is 0.262 e. The summed E-state index contributed by atoms with van der Waals surface area (Å²) < 4.78 is 16.5. The van der Waals surface area contributed by atoms with E-state index in [4.69, 9.17) is 20.6 Å². The maximum absolute atomic E-state index is 12.4. The van der Waals surface area contributed by atoms with Crippen molar-refractivity contribution in [3.8, 4) is 35.7 Å². The van der Waals surface area contributed by atoms with E-state index in [1.165, 1.54) is 13.2 Å². The molecule has 0 aliphatic rings. The first-order chi connectivity index (χ1) is 14.0. The molecule has 0 aliphatic heterocycles. The molecule has 0 spiro atoms. The zero-order valence-corrected chi connectivity index (χ0v) is 17.6. The minimum absolute atomic E-state index is 0.0373. The highest BCUT2D eigenvalue weighted by atomic mass is 79.9. The van der Waals surface area contributed by atoms with Gasteiger partial charge in [-0.2, -0.15) is 5.26 Å². The van der Waals surface area contributed by atoms with E-state index in [0.717, 1.165) is 11.3 Å². The maximum Gasteiger partial charge on any atom is 0.262 e. The summed E-state index contributed by atoms with van der Waals surface area (Å²) in [5.41, 5.74) is 1.44. The predicted molar refractivity (Wildman–Crippen MR) is 113 cm³/mol. The molecule has 0 bridgehead atoms. The lowest BCUT2D eigenvalue weighted by Gasteiger charge is -2.12. The molecular formula is C22H19BrN2O4. The Morgan fingerprint density at radius 3 is 2.55 bits per heavy atom. The molecule has 148 valence electrons. The Hall–Kier alpha value is -3.42. The number of rotatable bonds is 8. The van der Waals surface area contributed by atoms with Gasteiger partial charge in [-0.1, -0.05) is 18.1 Å². The Morgan fingerprint density at radius 1 is 1.24 bits per heavy atom. The van der Waals surface area contributed by atoms with Crippen molar-refractivity contribution >= 4 is 27.9 Å². The van der Waals surface area contributed by atoms with Crippen LogP contribution in [0.3, 0.4) is 0 Å². The molecule has 0 atom stereocenters. The van der Waals surface area contributed by atoms with Gasteiger partial charge in [0.25, 0.3) is 5.91 Å². The fourth-order valence-electron chi connectivity index (χ4n) is 2.41. The normalized spacial score (nSPS) is 10.4. The van der Waals surface area contributed by atoms with Gasteiger partial charge in [-0.3, -0.25) is 4.79 Å². The van der Waals surface area contributed by atoms with Gasteiger partial charge in [0.2, 0.25) is 0 Å². The number of nitrogens with zero attached hydrogens (tertiary/aromatic N) is 1. The minimum atomic E-state index is -0.480. The van der Waals surface area contributed by atoms with Crippen LogP contribution in [0.15, 0.2) is 46.4 Å². The molecule has 0 aromatic heterocycles. The predicted octanol–water partition coefficient (Wildman–Crippen LogP) is 3.70. The Balaban J connectivity index is 2.17. The first-order valence-electron chi connectivity index (χ1n) is 8.49. The summed E-state index contributed by atoms with van der Waals surface area (Å²) in [6.45, 7) is 0.370.